The van der Waals surface area contributed by atoms with Gasteiger partial charge in [-0.1, -0.05) is 172 Å². The highest BCUT2D eigenvalue weighted by Gasteiger charge is 2.16. The summed E-state index contributed by atoms with van der Waals surface area (Å²) in [5, 5.41) is 9.58. The number of carbonyl (C=O) groups is 1. The van der Waals surface area contributed by atoms with Gasteiger partial charge in [-0.25, -0.2) is 0 Å². The van der Waals surface area contributed by atoms with E-state index in [0.717, 1.165) is 51.4 Å². The highest BCUT2D eigenvalue weighted by atomic mass is 16.4. The Balaban J connectivity index is 3.49. The zero-order valence-electron chi connectivity index (χ0n) is 25.8. The van der Waals surface area contributed by atoms with Gasteiger partial charge in [0.2, 0.25) is 0 Å². The summed E-state index contributed by atoms with van der Waals surface area (Å²) in [6.45, 7) is 4.45. The third-order valence-electron chi connectivity index (χ3n) is 7.71. The van der Waals surface area contributed by atoms with E-state index >= 15 is 0 Å². The second-order valence-electron chi connectivity index (χ2n) is 11.4. The van der Waals surface area contributed by atoms with Crippen molar-refractivity contribution in [1.82, 2.24) is 0 Å². The van der Waals surface area contributed by atoms with Crippen molar-refractivity contribution in [2.75, 3.05) is 0 Å². The second kappa shape index (κ2) is 31.9. The minimum absolute atomic E-state index is 0.125. The van der Waals surface area contributed by atoms with E-state index in [0.29, 0.717) is 0 Å². The third kappa shape index (κ3) is 29.2. The van der Waals surface area contributed by atoms with Crippen molar-refractivity contribution in [1.29, 1.82) is 0 Å². The van der Waals surface area contributed by atoms with Crippen molar-refractivity contribution in [2.24, 2.45) is 5.92 Å². The first kappa shape index (κ1) is 36.7. The molecule has 0 bridgehead atoms. The van der Waals surface area contributed by atoms with Gasteiger partial charge in [0.05, 0.1) is 5.92 Å². The van der Waals surface area contributed by atoms with Gasteiger partial charge < -0.3 is 5.11 Å². The Bertz CT molecular complexity index is 560. The molecule has 0 aliphatic heterocycles. The summed E-state index contributed by atoms with van der Waals surface area (Å²) in [5.41, 5.74) is 0. The van der Waals surface area contributed by atoms with Crippen molar-refractivity contribution in [2.45, 2.75) is 181 Å². The topological polar surface area (TPSA) is 37.3 Å². The lowest BCUT2D eigenvalue weighted by Crippen LogP contribution is -2.13. The van der Waals surface area contributed by atoms with Crippen molar-refractivity contribution >= 4 is 5.97 Å². The molecule has 1 N–H and O–H groups in total. The Labute approximate surface area is 238 Å². The first-order chi connectivity index (χ1) is 18.7. The van der Waals surface area contributed by atoms with Crippen LogP contribution in [0.1, 0.15) is 181 Å². The maximum atomic E-state index is 11.6. The lowest BCUT2D eigenvalue weighted by Gasteiger charge is -2.12. The number of rotatable bonds is 30. The smallest absolute Gasteiger partial charge is 0.306 e. The number of unbranched alkanes of at least 4 members (excludes halogenated alkanes) is 19. The Morgan fingerprint density at radius 1 is 0.500 bits per heavy atom. The van der Waals surface area contributed by atoms with Crippen LogP contribution in [0.25, 0.3) is 0 Å². The normalized spacial score (nSPS) is 12.9. The molecule has 0 amide bonds. The minimum Gasteiger partial charge on any atom is -0.481 e. The lowest BCUT2D eigenvalue weighted by molar-refractivity contribution is -0.142. The van der Waals surface area contributed by atoms with Gasteiger partial charge in [0.1, 0.15) is 0 Å². The first-order valence-electron chi connectivity index (χ1n) is 16.9. The fraction of sp³-hybridized carbons (Fsp3) is 0.806. The number of aliphatic carboxylic acids is 1. The van der Waals surface area contributed by atoms with Crippen molar-refractivity contribution in [3.05, 3.63) is 36.5 Å². The van der Waals surface area contributed by atoms with Crippen LogP contribution in [-0.4, -0.2) is 11.1 Å². The highest BCUT2D eigenvalue weighted by molar-refractivity contribution is 5.69. The van der Waals surface area contributed by atoms with Crippen LogP contribution in [0.15, 0.2) is 36.5 Å². The van der Waals surface area contributed by atoms with Crippen LogP contribution in [0.2, 0.25) is 0 Å². The summed E-state index contributed by atoms with van der Waals surface area (Å²) in [5.74, 6) is -0.701. The van der Waals surface area contributed by atoms with Gasteiger partial charge in [0.15, 0.2) is 0 Å². The molecule has 0 aliphatic rings. The summed E-state index contributed by atoms with van der Waals surface area (Å²) < 4.78 is 0. The fourth-order valence-corrected chi connectivity index (χ4v) is 5.16. The standard InChI is InChI=1S/C36H66O2/c1-3-5-7-9-11-13-15-17-19-20-22-24-26-28-30-32-34-35(36(37)38)33-31-29-27-25-23-21-18-16-14-12-10-8-6-4-2/h6,8,12,14,18,21,35H,3-5,7,9-11,13,15-17,19-20,22-34H2,1-2H3,(H,37,38)/b8-6-,14-12-,21-18-. The SMILES string of the molecule is CC/C=C\C/C=C\C/C=C\CCCCCCC(CCCCCCCCCCCCCCCCCC)C(=O)O. The van der Waals surface area contributed by atoms with E-state index in [1.807, 2.05) is 0 Å². The molecule has 0 spiro atoms. The number of carboxylic acids is 1. The van der Waals surface area contributed by atoms with Gasteiger partial charge in [-0.05, 0) is 44.9 Å². The van der Waals surface area contributed by atoms with Crippen molar-refractivity contribution < 1.29 is 9.90 Å². The van der Waals surface area contributed by atoms with Gasteiger partial charge in [-0.2, -0.15) is 0 Å². The Hall–Kier alpha value is -1.31. The van der Waals surface area contributed by atoms with E-state index in [1.165, 1.54) is 116 Å². The predicted molar refractivity (Wildman–Crippen MR) is 170 cm³/mol. The molecule has 0 aliphatic carbocycles. The van der Waals surface area contributed by atoms with Crippen LogP contribution in [0.4, 0.5) is 0 Å². The van der Waals surface area contributed by atoms with Crippen molar-refractivity contribution in [3.8, 4) is 0 Å². The van der Waals surface area contributed by atoms with E-state index < -0.39 is 5.97 Å². The number of allylic oxidation sites excluding steroid dienone is 6. The largest absolute Gasteiger partial charge is 0.481 e. The van der Waals surface area contributed by atoms with E-state index in [9.17, 15) is 9.90 Å². The molecule has 0 fully saturated rings. The predicted octanol–water partition coefficient (Wildman–Crippen LogP) is 12.5. The first-order valence-corrected chi connectivity index (χ1v) is 16.9. The van der Waals surface area contributed by atoms with Crippen LogP contribution in [0.3, 0.4) is 0 Å². The molecule has 0 aromatic carbocycles. The van der Waals surface area contributed by atoms with E-state index in [-0.39, 0.29) is 5.92 Å². The maximum Gasteiger partial charge on any atom is 0.306 e. The van der Waals surface area contributed by atoms with E-state index in [1.54, 1.807) is 0 Å². The maximum absolute atomic E-state index is 11.6. The number of hydrogen-bond donors (Lipinski definition) is 1. The van der Waals surface area contributed by atoms with E-state index in [4.69, 9.17) is 0 Å². The molecule has 0 rings (SSSR count). The lowest BCUT2D eigenvalue weighted by atomic mass is 9.94. The van der Waals surface area contributed by atoms with Crippen molar-refractivity contribution in [3.63, 3.8) is 0 Å². The van der Waals surface area contributed by atoms with Gasteiger partial charge in [-0.3, -0.25) is 4.79 Å². The van der Waals surface area contributed by atoms with Gasteiger partial charge in [-0.15, -0.1) is 0 Å². The minimum atomic E-state index is -0.577. The van der Waals surface area contributed by atoms with Crippen LogP contribution >= 0.6 is 0 Å². The molecular formula is C36H66O2. The molecule has 2 heteroatoms. The van der Waals surface area contributed by atoms with Crippen LogP contribution in [-0.2, 0) is 4.79 Å². The zero-order valence-corrected chi connectivity index (χ0v) is 25.8. The summed E-state index contributed by atoms with van der Waals surface area (Å²) in [6.07, 6.45) is 46.0. The molecule has 0 radical (unpaired) electrons. The average molecular weight is 531 g/mol. The third-order valence-corrected chi connectivity index (χ3v) is 7.71. The molecule has 2 nitrogen and oxygen atoms in total. The summed E-state index contributed by atoms with van der Waals surface area (Å²) in [4.78, 5) is 11.6. The summed E-state index contributed by atoms with van der Waals surface area (Å²) in [6, 6.07) is 0. The summed E-state index contributed by atoms with van der Waals surface area (Å²) in [7, 11) is 0. The molecular weight excluding hydrogens is 464 g/mol. The van der Waals surface area contributed by atoms with Crippen LogP contribution in [0, 0.1) is 5.92 Å². The zero-order chi connectivity index (χ0) is 27.8. The molecule has 222 valence electrons. The summed E-state index contributed by atoms with van der Waals surface area (Å²) >= 11 is 0. The van der Waals surface area contributed by atoms with Crippen LogP contribution < -0.4 is 0 Å². The quantitative estimate of drug-likeness (QED) is 0.0740. The molecule has 0 heterocycles. The van der Waals surface area contributed by atoms with Gasteiger partial charge in [0, 0.05) is 0 Å². The van der Waals surface area contributed by atoms with Gasteiger partial charge >= 0.3 is 5.97 Å². The molecule has 1 unspecified atom stereocenters. The Morgan fingerprint density at radius 2 is 0.868 bits per heavy atom. The number of hydrogen-bond acceptors (Lipinski definition) is 1. The monoisotopic (exact) mass is 531 g/mol. The van der Waals surface area contributed by atoms with Crippen LogP contribution in [0.5, 0.6) is 0 Å². The molecule has 0 saturated carbocycles. The fourth-order valence-electron chi connectivity index (χ4n) is 5.16. The Kier molecular flexibility index (Phi) is 30.8. The highest BCUT2D eigenvalue weighted by Crippen LogP contribution is 2.20. The van der Waals surface area contributed by atoms with E-state index in [2.05, 4.69) is 50.3 Å². The number of carboxylic acid groups (broad SMARTS) is 1. The molecule has 1 atom stereocenters. The van der Waals surface area contributed by atoms with Gasteiger partial charge in [0.25, 0.3) is 0 Å². The second-order valence-corrected chi connectivity index (χ2v) is 11.4. The Morgan fingerprint density at radius 3 is 1.29 bits per heavy atom. The molecule has 0 aromatic heterocycles. The average Bonchev–Trinajstić information content (AvgIpc) is 2.91. The molecule has 0 aromatic rings. The molecule has 0 saturated heterocycles. The molecule has 38 heavy (non-hydrogen) atoms.